The Kier molecular flexibility index (Phi) is 8.50. The van der Waals surface area contributed by atoms with Crippen molar-refractivity contribution in [1.29, 1.82) is 0 Å². The van der Waals surface area contributed by atoms with E-state index in [9.17, 15) is 14.4 Å². The Morgan fingerprint density at radius 3 is 1.29 bits per heavy atom. The first-order valence-corrected chi connectivity index (χ1v) is 15.8. The topological polar surface area (TPSA) is 51.2 Å². The standard InChI is InChI=1S/C45H30O3/c46-43(38-23-22-34-9-1-2-12-37(34)30-38)24-19-31-27-32(20-25-44(47)41-17-7-13-35-10-3-5-15-39(35)41)29-33(28-31)21-26-45(48)42-18-8-14-36-11-4-6-16-40(36)42/h1-30H. The highest BCUT2D eigenvalue weighted by molar-refractivity contribution is 6.16. The van der Waals surface area contributed by atoms with Crippen molar-refractivity contribution < 1.29 is 14.4 Å². The molecule has 0 unspecified atom stereocenters. The van der Waals surface area contributed by atoms with Crippen molar-refractivity contribution >= 4 is 67.9 Å². The maximum Gasteiger partial charge on any atom is 0.186 e. The van der Waals surface area contributed by atoms with Gasteiger partial charge in [0.15, 0.2) is 17.3 Å². The van der Waals surface area contributed by atoms with Gasteiger partial charge in [-0.25, -0.2) is 0 Å². The number of allylic oxidation sites excluding steroid dienone is 3. The minimum atomic E-state index is -0.115. The number of hydrogen-bond donors (Lipinski definition) is 0. The summed E-state index contributed by atoms with van der Waals surface area (Å²) in [6, 6.07) is 46.4. The molecule has 228 valence electrons. The lowest BCUT2D eigenvalue weighted by atomic mass is 9.99. The van der Waals surface area contributed by atoms with Gasteiger partial charge in [-0.1, -0.05) is 140 Å². The molecule has 0 spiro atoms. The average Bonchev–Trinajstić information content (AvgIpc) is 3.14. The largest absolute Gasteiger partial charge is 0.289 e. The van der Waals surface area contributed by atoms with E-state index >= 15 is 0 Å². The Morgan fingerprint density at radius 2 is 0.771 bits per heavy atom. The van der Waals surface area contributed by atoms with Gasteiger partial charge in [-0.05, 0) is 91.5 Å². The van der Waals surface area contributed by atoms with Crippen LogP contribution in [0.5, 0.6) is 0 Å². The van der Waals surface area contributed by atoms with Crippen molar-refractivity contribution in [2.24, 2.45) is 0 Å². The lowest BCUT2D eigenvalue weighted by Gasteiger charge is -2.05. The van der Waals surface area contributed by atoms with Gasteiger partial charge in [-0.15, -0.1) is 0 Å². The molecule has 48 heavy (non-hydrogen) atoms. The first-order valence-electron chi connectivity index (χ1n) is 15.8. The summed E-state index contributed by atoms with van der Waals surface area (Å²) in [6.45, 7) is 0. The molecule has 0 radical (unpaired) electrons. The van der Waals surface area contributed by atoms with E-state index in [0.29, 0.717) is 16.7 Å². The Labute approximate surface area is 278 Å². The molecule has 3 heteroatoms. The predicted octanol–water partition coefficient (Wildman–Crippen LogP) is 10.8. The molecule has 0 fully saturated rings. The van der Waals surface area contributed by atoms with E-state index in [-0.39, 0.29) is 17.3 Å². The molecule has 0 aromatic heterocycles. The van der Waals surface area contributed by atoms with Gasteiger partial charge in [-0.2, -0.15) is 0 Å². The molecular formula is C45H30O3. The van der Waals surface area contributed by atoms with Crippen LogP contribution in [0.25, 0.3) is 50.5 Å². The van der Waals surface area contributed by atoms with Crippen molar-refractivity contribution in [2.45, 2.75) is 0 Å². The van der Waals surface area contributed by atoms with Gasteiger partial charge in [0.25, 0.3) is 0 Å². The Hall–Kier alpha value is -6.45. The van der Waals surface area contributed by atoms with E-state index in [4.69, 9.17) is 0 Å². The highest BCUT2D eigenvalue weighted by Crippen LogP contribution is 2.23. The molecule has 0 amide bonds. The van der Waals surface area contributed by atoms with Gasteiger partial charge < -0.3 is 0 Å². The summed E-state index contributed by atoms with van der Waals surface area (Å²) < 4.78 is 0. The minimum Gasteiger partial charge on any atom is -0.289 e. The molecule has 0 atom stereocenters. The zero-order valence-corrected chi connectivity index (χ0v) is 26.0. The molecule has 0 saturated carbocycles. The maximum atomic E-state index is 13.3. The van der Waals surface area contributed by atoms with E-state index < -0.39 is 0 Å². The summed E-state index contributed by atoms with van der Waals surface area (Å²) in [7, 11) is 0. The van der Waals surface area contributed by atoms with E-state index in [1.807, 2.05) is 146 Å². The van der Waals surface area contributed by atoms with Gasteiger partial charge in [0.1, 0.15) is 0 Å². The van der Waals surface area contributed by atoms with E-state index in [1.54, 1.807) is 36.5 Å². The number of fused-ring (bicyclic) bond motifs is 3. The molecule has 0 N–H and O–H groups in total. The quantitative estimate of drug-likeness (QED) is 0.119. The fraction of sp³-hybridized carbons (Fsp3) is 0. The fourth-order valence-electron chi connectivity index (χ4n) is 6.01. The van der Waals surface area contributed by atoms with Gasteiger partial charge in [0.2, 0.25) is 0 Å². The summed E-state index contributed by atoms with van der Waals surface area (Å²) in [6.07, 6.45) is 10.0. The van der Waals surface area contributed by atoms with Crippen LogP contribution in [0.15, 0.2) is 164 Å². The zero-order chi connectivity index (χ0) is 32.9. The molecule has 0 heterocycles. The summed E-state index contributed by atoms with van der Waals surface area (Å²) in [5, 5.41) is 5.88. The molecular weight excluding hydrogens is 588 g/mol. The zero-order valence-electron chi connectivity index (χ0n) is 26.0. The van der Waals surface area contributed by atoms with Crippen molar-refractivity contribution in [3.8, 4) is 0 Å². The molecule has 0 saturated heterocycles. The normalized spacial score (nSPS) is 11.8. The lowest BCUT2D eigenvalue weighted by Crippen LogP contribution is -1.96. The number of carbonyl (C=O) groups is 3. The number of hydrogen-bond acceptors (Lipinski definition) is 3. The van der Waals surface area contributed by atoms with Crippen LogP contribution in [0, 0.1) is 0 Å². The van der Waals surface area contributed by atoms with Crippen LogP contribution in [-0.2, 0) is 0 Å². The third-order valence-electron chi connectivity index (χ3n) is 8.43. The van der Waals surface area contributed by atoms with Crippen molar-refractivity contribution in [1.82, 2.24) is 0 Å². The monoisotopic (exact) mass is 618 g/mol. The highest BCUT2D eigenvalue weighted by atomic mass is 16.1. The smallest absolute Gasteiger partial charge is 0.186 e. The second-order valence-corrected chi connectivity index (χ2v) is 11.6. The lowest BCUT2D eigenvalue weighted by molar-refractivity contribution is 0.104. The van der Waals surface area contributed by atoms with Crippen molar-refractivity contribution in [2.75, 3.05) is 0 Å². The Balaban J connectivity index is 1.21. The fourth-order valence-corrected chi connectivity index (χ4v) is 6.01. The van der Waals surface area contributed by atoms with Crippen LogP contribution in [0.2, 0.25) is 0 Å². The molecule has 0 aliphatic heterocycles. The minimum absolute atomic E-state index is 0.109. The Bertz CT molecular complexity index is 2330. The molecule has 3 nitrogen and oxygen atoms in total. The second-order valence-electron chi connectivity index (χ2n) is 11.6. The van der Waals surface area contributed by atoms with Crippen LogP contribution < -0.4 is 0 Å². The highest BCUT2D eigenvalue weighted by Gasteiger charge is 2.09. The number of benzene rings is 7. The summed E-state index contributed by atoms with van der Waals surface area (Å²) in [4.78, 5) is 39.9. The summed E-state index contributed by atoms with van der Waals surface area (Å²) >= 11 is 0. The molecule has 7 rings (SSSR count). The van der Waals surface area contributed by atoms with Crippen LogP contribution in [0.1, 0.15) is 47.8 Å². The first-order chi connectivity index (χ1) is 23.5. The molecule has 0 aliphatic carbocycles. The van der Waals surface area contributed by atoms with Gasteiger partial charge in [-0.3, -0.25) is 14.4 Å². The van der Waals surface area contributed by atoms with Gasteiger partial charge in [0, 0.05) is 16.7 Å². The van der Waals surface area contributed by atoms with Gasteiger partial charge >= 0.3 is 0 Å². The summed E-state index contributed by atoms with van der Waals surface area (Å²) in [5.41, 5.74) is 4.15. The van der Waals surface area contributed by atoms with Crippen LogP contribution in [0.3, 0.4) is 0 Å². The predicted molar refractivity (Wildman–Crippen MR) is 198 cm³/mol. The van der Waals surface area contributed by atoms with E-state index in [0.717, 1.165) is 49.0 Å². The van der Waals surface area contributed by atoms with Crippen LogP contribution in [0.4, 0.5) is 0 Å². The summed E-state index contributed by atoms with van der Waals surface area (Å²) in [5.74, 6) is -0.332. The van der Waals surface area contributed by atoms with Crippen LogP contribution in [-0.4, -0.2) is 17.3 Å². The Morgan fingerprint density at radius 1 is 0.354 bits per heavy atom. The SMILES string of the molecule is O=C(C=Cc1cc(C=CC(=O)c2cccc3ccccc23)cc(C=CC(=O)c2cccc3ccccc23)c1)c1ccc2ccccc2c1. The maximum absolute atomic E-state index is 13.3. The number of ketones is 3. The van der Waals surface area contributed by atoms with E-state index in [1.165, 1.54) is 0 Å². The average molecular weight is 619 g/mol. The van der Waals surface area contributed by atoms with Crippen molar-refractivity contribution in [3.63, 3.8) is 0 Å². The van der Waals surface area contributed by atoms with Gasteiger partial charge in [0.05, 0.1) is 0 Å². The second kappa shape index (κ2) is 13.5. The third kappa shape index (κ3) is 6.57. The first kappa shape index (κ1) is 30.2. The number of rotatable bonds is 9. The molecule has 7 aromatic carbocycles. The van der Waals surface area contributed by atoms with Crippen molar-refractivity contribution in [3.05, 3.63) is 197 Å². The third-order valence-corrected chi connectivity index (χ3v) is 8.43. The van der Waals surface area contributed by atoms with E-state index in [2.05, 4.69) is 0 Å². The molecule has 7 aromatic rings. The van der Waals surface area contributed by atoms with Crippen LogP contribution >= 0.6 is 0 Å². The number of carbonyl (C=O) groups excluding carboxylic acids is 3. The molecule has 0 aliphatic rings. The molecule has 0 bridgehead atoms.